The van der Waals surface area contributed by atoms with Crippen molar-refractivity contribution in [2.45, 2.75) is 0 Å². The summed E-state index contributed by atoms with van der Waals surface area (Å²) in [4.78, 5) is 0. The fourth-order valence-corrected chi connectivity index (χ4v) is 1.45. The number of benzene rings is 1. The molecule has 0 fully saturated rings. The molecule has 1 aromatic carbocycles. The maximum Gasteiger partial charge on any atom is 0.513 e. The first-order chi connectivity index (χ1) is 6.59. The molecular formula is C8H8BF3NO-. The summed E-state index contributed by atoms with van der Waals surface area (Å²) in [5.74, 6) is -0.0637. The van der Waals surface area contributed by atoms with Gasteiger partial charge >= 0.3 is 6.98 Å². The van der Waals surface area contributed by atoms with E-state index >= 15 is 0 Å². The molecule has 0 aliphatic carbocycles. The van der Waals surface area contributed by atoms with Gasteiger partial charge in [0.2, 0.25) is 0 Å². The van der Waals surface area contributed by atoms with Crippen molar-refractivity contribution in [2.24, 2.45) is 0 Å². The average molecular weight is 202 g/mol. The molecule has 1 aliphatic heterocycles. The van der Waals surface area contributed by atoms with Crippen LogP contribution in [0.15, 0.2) is 18.2 Å². The highest BCUT2D eigenvalue weighted by Gasteiger charge is 2.31. The van der Waals surface area contributed by atoms with Crippen LogP contribution in [-0.2, 0) is 0 Å². The van der Waals surface area contributed by atoms with Gasteiger partial charge in [-0.15, -0.1) is 0 Å². The van der Waals surface area contributed by atoms with Crippen LogP contribution in [0.3, 0.4) is 0 Å². The van der Waals surface area contributed by atoms with E-state index in [2.05, 4.69) is 5.32 Å². The van der Waals surface area contributed by atoms with Crippen LogP contribution >= 0.6 is 0 Å². The van der Waals surface area contributed by atoms with E-state index in [1.165, 1.54) is 6.07 Å². The number of hydrogen-bond acceptors (Lipinski definition) is 2. The van der Waals surface area contributed by atoms with E-state index in [-0.39, 0.29) is 12.4 Å². The second-order valence-electron chi connectivity index (χ2n) is 3.07. The van der Waals surface area contributed by atoms with E-state index < -0.39 is 12.4 Å². The third-order valence-corrected chi connectivity index (χ3v) is 2.06. The number of ether oxygens (including phenoxy) is 1. The minimum Gasteiger partial charge on any atom is -0.493 e. The lowest BCUT2D eigenvalue weighted by Gasteiger charge is -2.26. The molecule has 1 aliphatic rings. The smallest absolute Gasteiger partial charge is 0.493 e. The maximum atomic E-state index is 12.5. The molecule has 0 aromatic heterocycles. The highest BCUT2D eigenvalue weighted by molar-refractivity contribution is 6.74. The highest BCUT2D eigenvalue weighted by Crippen LogP contribution is 2.28. The van der Waals surface area contributed by atoms with Crippen molar-refractivity contribution in [1.82, 2.24) is 0 Å². The second kappa shape index (κ2) is 3.11. The van der Waals surface area contributed by atoms with Crippen LogP contribution < -0.4 is 15.5 Å². The Morgan fingerprint density at radius 1 is 1.29 bits per heavy atom. The lowest BCUT2D eigenvalue weighted by Crippen LogP contribution is -2.37. The Morgan fingerprint density at radius 2 is 2.07 bits per heavy atom. The van der Waals surface area contributed by atoms with Crippen LogP contribution in [0.25, 0.3) is 0 Å². The zero-order chi connectivity index (χ0) is 10.2. The highest BCUT2D eigenvalue weighted by atomic mass is 19.4. The third kappa shape index (κ3) is 1.52. The summed E-state index contributed by atoms with van der Waals surface area (Å²) in [5.41, 5.74) is -0.234. The van der Waals surface area contributed by atoms with Gasteiger partial charge in [-0.1, -0.05) is 17.6 Å². The standard InChI is InChI=1S/C8H8BF3NO/c10-9(11,12)6-2-1-3-7-8(6)14-5-4-13-7/h1-3,13H,4-5H2/q-1. The molecule has 1 heterocycles. The van der Waals surface area contributed by atoms with E-state index in [4.69, 9.17) is 4.74 Å². The first kappa shape index (κ1) is 9.24. The maximum absolute atomic E-state index is 12.5. The van der Waals surface area contributed by atoms with Gasteiger partial charge in [0.25, 0.3) is 0 Å². The van der Waals surface area contributed by atoms with Gasteiger partial charge in [0.1, 0.15) is 12.4 Å². The van der Waals surface area contributed by atoms with Crippen LogP contribution in [0, 0.1) is 0 Å². The molecule has 0 saturated heterocycles. The van der Waals surface area contributed by atoms with Gasteiger partial charge in [-0.25, -0.2) is 0 Å². The van der Waals surface area contributed by atoms with Gasteiger partial charge in [0.15, 0.2) is 0 Å². The number of nitrogens with one attached hydrogen (secondary N) is 1. The number of hydrogen-bond donors (Lipinski definition) is 1. The van der Waals surface area contributed by atoms with E-state index in [0.717, 1.165) is 6.07 Å². The molecule has 1 aromatic rings. The summed E-state index contributed by atoms with van der Waals surface area (Å²) in [6, 6.07) is 4.01. The van der Waals surface area contributed by atoms with Gasteiger partial charge in [-0.2, -0.15) is 0 Å². The second-order valence-corrected chi connectivity index (χ2v) is 3.07. The molecule has 0 spiro atoms. The monoisotopic (exact) mass is 202 g/mol. The molecule has 0 unspecified atom stereocenters. The molecule has 0 radical (unpaired) electrons. The van der Waals surface area contributed by atoms with E-state index in [1.807, 2.05) is 0 Å². The van der Waals surface area contributed by atoms with E-state index in [0.29, 0.717) is 12.2 Å². The lowest BCUT2D eigenvalue weighted by atomic mass is 9.79. The number of fused-ring (bicyclic) bond motifs is 1. The van der Waals surface area contributed by atoms with Crippen molar-refractivity contribution in [3.63, 3.8) is 0 Å². The SMILES string of the molecule is F[B-](F)(F)c1cccc2c1OCCN2. The van der Waals surface area contributed by atoms with E-state index in [9.17, 15) is 12.9 Å². The molecule has 1 N–H and O–H groups in total. The van der Waals surface area contributed by atoms with Crippen LogP contribution in [-0.4, -0.2) is 20.1 Å². The van der Waals surface area contributed by atoms with Gasteiger partial charge in [0, 0.05) is 6.54 Å². The van der Waals surface area contributed by atoms with Crippen LogP contribution in [0.2, 0.25) is 0 Å². The van der Waals surface area contributed by atoms with Crippen molar-refractivity contribution in [2.75, 3.05) is 18.5 Å². The Morgan fingerprint density at radius 3 is 2.79 bits per heavy atom. The predicted octanol–water partition coefficient (Wildman–Crippen LogP) is 1.55. The Kier molecular flexibility index (Phi) is 2.05. The molecule has 2 rings (SSSR count). The summed E-state index contributed by atoms with van der Waals surface area (Å²) >= 11 is 0. The summed E-state index contributed by atoms with van der Waals surface area (Å²) in [5, 5.41) is 2.86. The van der Waals surface area contributed by atoms with E-state index in [1.54, 1.807) is 6.07 Å². The lowest BCUT2D eigenvalue weighted by molar-refractivity contribution is 0.324. The Labute approximate surface area is 79.1 Å². The van der Waals surface area contributed by atoms with Crippen molar-refractivity contribution in [3.05, 3.63) is 18.2 Å². The first-order valence-corrected chi connectivity index (χ1v) is 4.28. The quantitative estimate of drug-likeness (QED) is 0.697. The van der Waals surface area contributed by atoms with Crippen molar-refractivity contribution in [1.29, 1.82) is 0 Å². The summed E-state index contributed by atoms with van der Waals surface area (Å²) < 4.78 is 42.6. The molecule has 76 valence electrons. The van der Waals surface area contributed by atoms with Gasteiger partial charge in [-0.3, -0.25) is 0 Å². The molecule has 0 amide bonds. The number of anilines is 1. The van der Waals surface area contributed by atoms with Crippen LogP contribution in [0.1, 0.15) is 0 Å². The van der Waals surface area contributed by atoms with Crippen molar-refractivity contribution >= 4 is 18.1 Å². The molecule has 2 nitrogen and oxygen atoms in total. The van der Waals surface area contributed by atoms with Gasteiger partial charge < -0.3 is 23.0 Å². The fraction of sp³-hybridized carbons (Fsp3) is 0.250. The predicted molar refractivity (Wildman–Crippen MR) is 49.1 cm³/mol. The molecule has 0 atom stereocenters. The zero-order valence-corrected chi connectivity index (χ0v) is 7.27. The Hall–Kier alpha value is -1.33. The average Bonchev–Trinajstić information content (AvgIpc) is 2.15. The third-order valence-electron chi connectivity index (χ3n) is 2.06. The van der Waals surface area contributed by atoms with Crippen LogP contribution in [0.4, 0.5) is 18.6 Å². The minimum absolute atomic E-state index is 0.0637. The Balaban J connectivity index is 2.51. The number of halogens is 3. The Bertz CT molecular complexity index is 353. The zero-order valence-electron chi connectivity index (χ0n) is 7.27. The topological polar surface area (TPSA) is 21.3 Å². The number of para-hydroxylation sites is 1. The fourth-order valence-electron chi connectivity index (χ4n) is 1.45. The first-order valence-electron chi connectivity index (χ1n) is 4.28. The molecule has 0 bridgehead atoms. The molecular weight excluding hydrogens is 194 g/mol. The summed E-state index contributed by atoms with van der Waals surface area (Å²) in [7, 11) is 0. The largest absolute Gasteiger partial charge is 0.513 e. The minimum atomic E-state index is -5.00. The van der Waals surface area contributed by atoms with Crippen molar-refractivity contribution in [3.8, 4) is 5.75 Å². The van der Waals surface area contributed by atoms with Gasteiger partial charge in [0.05, 0.1) is 5.69 Å². The summed E-state index contributed by atoms with van der Waals surface area (Å²) in [6.07, 6.45) is 0. The number of rotatable bonds is 1. The molecule has 0 saturated carbocycles. The molecule has 6 heteroatoms. The molecule has 14 heavy (non-hydrogen) atoms. The van der Waals surface area contributed by atoms with Gasteiger partial charge in [-0.05, 0) is 6.07 Å². The van der Waals surface area contributed by atoms with Crippen molar-refractivity contribution < 1.29 is 17.7 Å². The van der Waals surface area contributed by atoms with Crippen LogP contribution in [0.5, 0.6) is 5.75 Å². The summed E-state index contributed by atoms with van der Waals surface area (Å²) in [6.45, 7) is -4.18. The normalized spacial score (nSPS) is 15.4.